The number of amides is 1. The van der Waals surface area contributed by atoms with Gasteiger partial charge in [-0.3, -0.25) is 4.79 Å². The van der Waals surface area contributed by atoms with Crippen LogP contribution in [-0.4, -0.2) is 25.3 Å². The molecule has 0 aromatic heterocycles. The number of rotatable bonds is 4. The summed E-state index contributed by atoms with van der Waals surface area (Å²) < 4.78 is 39.6. The van der Waals surface area contributed by atoms with Crippen LogP contribution in [0.2, 0.25) is 0 Å². The Balaban J connectivity index is 2.42. The molecule has 0 bridgehead atoms. The molecule has 0 fully saturated rings. The summed E-state index contributed by atoms with van der Waals surface area (Å²) in [4.78, 5) is 11.3. The second kappa shape index (κ2) is 5.86. The molecule has 0 heterocycles. The first-order chi connectivity index (χ1) is 8.28. The lowest BCUT2D eigenvalue weighted by molar-refractivity contribution is -0.174. The van der Waals surface area contributed by atoms with Crippen molar-refractivity contribution in [3.63, 3.8) is 0 Å². The fourth-order valence-electron chi connectivity index (χ4n) is 1.28. The molecule has 1 amide bonds. The van der Waals surface area contributed by atoms with E-state index in [-0.39, 0.29) is 0 Å². The van der Waals surface area contributed by atoms with Crippen molar-refractivity contribution in [2.75, 3.05) is 18.5 Å². The first-order valence-electron chi connectivity index (χ1n) is 5.29. The van der Waals surface area contributed by atoms with Gasteiger partial charge in [-0.1, -0.05) is 6.07 Å². The Labute approximate surface area is 103 Å². The molecule has 1 N–H and O–H groups in total. The number of nitrogens with one attached hydrogen (secondary N) is 1. The van der Waals surface area contributed by atoms with Gasteiger partial charge in [-0.2, -0.15) is 13.2 Å². The minimum Gasteiger partial charge on any atom is -0.362 e. The van der Waals surface area contributed by atoms with Crippen LogP contribution >= 0.6 is 0 Å². The van der Waals surface area contributed by atoms with Crippen molar-refractivity contribution >= 4 is 11.6 Å². The summed E-state index contributed by atoms with van der Waals surface area (Å²) in [5.41, 5.74) is 2.60. The number of benzene rings is 1. The van der Waals surface area contributed by atoms with E-state index in [0.717, 1.165) is 11.1 Å². The van der Waals surface area contributed by atoms with E-state index in [1.54, 1.807) is 12.1 Å². The highest BCUT2D eigenvalue weighted by atomic mass is 19.4. The van der Waals surface area contributed by atoms with Gasteiger partial charge in [0.1, 0.15) is 13.2 Å². The Kier molecular flexibility index (Phi) is 4.72. The highest BCUT2D eigenvalue weighted by Crippen LogP contribution is 2.15. The molecule has 18 heavy (non-hydrogen) atoms. The van der Waals surface area contributed by atoms with Crippen LogP contribution in [0, 0.1) is 13.8 Å². The average molecular weight is 261 g/mol. The van der Waals surface area contributed by atoms with Crippen LogP contribution in [0.1, 0.15) is 11.1 Å². The van der Waals surface area contributed by atoms with Crippen molar-refractivity contribution in [2.45, 2.75) is 20.0 Å². The third-order valence-corrected chi connectivity index (χ3v) is 2.29. The second-order valence-corrected chi connectivity index (χ2v) is 3.96. The van der Waals surface area contributed by atoms with E-state index in [1.807, 2.05) is 19.9 Å². The Morgan fingerprint density at radius 3 is 2.50 bits per heavy atom. The van der Waals surface area contributed by atoms with Crippen LogP contribution in [0.4, 0.5) is 18.9 Å². The first-order valence-corrected chi connectivity index (χ1v) is 5.29. The lowest BCUT2D eigenvalue weighted by Crippen LogP contribution is -2.24. The third-order valence-electron chi connectivity index (χ3n) is 2.29. The van der Waals surface area contributed by atoms with Gasteiger partial charge in [0.15, 0.2) is 0 Å². The van der Waals surface area contributed by atoms with Crippen LogP contribution < -0.4 is 5.32 Å². The van der Waals surface area contributed by atoms with Gasteiger partial charge < -0.3 is 10.1 Å². The number of carbonyl (C=O) groups excluding carboxylic acids is 1. The molecule has 0 aliphatic heterocycles. The molecule has 0 radical (unpaired) electrons. The average Bonchev–Trinajstić information content (AvgIpc) is 2.21. The van der Waals surface area contributed by atoms with E-state index in [2.05, 4.69) is 10.1 Å². The maximum Gasteiger partial charge on any atom is 0.411 e. The minimum atomic E-state index is -4.42. The van der Waals surface area contributed by atoms with E-state index in [0.29, 0.717) is 5.69 Å². The summed E-state index contributed by atoms with van der Waals surface area (Å²) in [6.07, 6.45) is -4.42. The zero-order valence-corrected chi connectivity index (χ0v) is 10.1. The molecule has 0 saturated carbocycles. The monoisotopic (exact) mass is 261 g/mol. The molecule has 1 aromatic rings. The quantitative estimate of drug-likeness (QED) is 0.905. The van der Waals surface area contributed by atoms with Crippen molar-refractivity contribution in [2.24, 2.45) is 0 Å². The van der Waals surface area contributed by atoms with Crippen molar-refractivity contribution in [1.29, 1.82) is 0 Å². The number of aryl methyl sites for hydroxylation is 2. The van der Waals surface area contributed by atoms with Crippen LogP contribution in [0.15, 0.2) is 18.2 Å². The SMILES string of the molecule is Cc1ccc(NC(=O)COCC(F)(F)F)cc1C. The van der Waals surface area contributed by atoms with Gasteiger partial charge in [-0.15, -0.1) is 0 Å². The number of hydrogen-bond acceptors (Lipinski definition) is 2. The zero-order chi connectivity index (χ0) is 13.8. The molecule has 6 heteroatoms. The highest BCUT2D eigenvalue weighted by molar-refractivity contribution is 5.91. The number of carbonyl (C=O) groups is 1. The van der Waals surface area contributed by atoms with E-state index < -0.39 is 25.3 Å². The first kappa shape index (κ1) is 14.5. The van der Waals surface area contributed by atoms with Gasteiger partial charge in [0.2, 0.25) is 5.91 Å². The molecule has 0 saturated heterocycles. The normalized spacial score (nSPS) is 11.4. The largest absolute Gasteiger partial charge is 0.411 e. The number of alkyl halides is 3. The number of halogens is 3. The fraction of sp³-hybridized carbons (Fsp3) is 0.417. The van der Waals surface area contributed by atoms with Gasteiger partial charge >= 0.3 is 6.18 Å². The highest BCUT2D eigenvalue weighted by Gasteiger charge is 2.27. The molecule has 0 spiro atoms. The predicted molar refractivity (Wildman–Crippen MR) is 61.4 cm³/mol. The zero-order valence-electron chi connectivity index (χ0n) is 10.1. The van der Waals surface area contributed by atoms with Gasteiger partial charge in [-0.25, -0.2) is 0 Å². The maximum absolute atomic E-state index is 11.8. The molecule has 3 nitrogen and oxygen atoms in total. The Morgan fingerprint density at radius 1 is 1.28 bits per heavy atom. The van der Waals surface area contributed by atoms with Gasteiger partial charge in [0.25, 0.3) is 0 Å². The molecule has 0 unspecified atom stereocenters. The summed E-state index contributed by atoms with van der Waals surface area (Å²) in [6.45, 7) is 1.76. The van der Waals surface area contributed by atoms with Gasteiger partial charge in [0.05, 0.1) is 0 Å². The smallest absolute Gasteiger partial charge is 0.362 e. The maximum atomic E-state index is 11.8. The van der Waals surface area contributed by atoms with Crippen molar-refractivity contribution in [3.8, 4) is 0 Å². The Bertz CT molecular complexity index is 430. The number of hydrogen-bond donors (Lipinski definition) is 1. The summed E-state index contributed by atoms with van der Waals surface area (Å²) in [6, 6.07) is 5.25. The molecule has 1 rings (SSSR count). The van der Waals surface area contributed by atoms with Gasteiger partial charge in [-0.05, 0) is 37.1 Å². The minimum absolute atomic E-state index is 0.540. The number of ether oxygens (including phenoxy) is 1. The van der Waals surface area contributed by atoms with Gasteiger partial charge in [0, 0.05) is 5.69 Å². The lowest BCUT2D eigenvalue weighted by Gasteiger charge is -2.09. The summed E-state index contributed by atoms with van der Waals surface area (Å²) in [5.74, 6) is -0.609. The van der Waals surface area contributed by atoms with Crippen LogP contribution in [0.3, 0.4) is 0 Å². The van der Waals surface area contributed by atoms with E-state index >= 15 is 0 Å². The standard InChI is InChI=1S/C12H14F3NO2/c1-8-3-4-10(5-9(8)2)16-11(17)6-18-7-12(13,14)15/h3-5H,6-7H2,1-2H3,(H,16,17). The van der Waals surface area contributed by atoms with Crippen molar-refractivity contribution < 1.29 is 22.7 Å². The van der Waals surface area contributed by atoms with E-state index in [4.69, 9.17) is 0 Å². The fourth-order valence-corrected chi connectivity index (χ4v) is 1.28. The molecule has 0 aliphatic rings. The van der Waals surface area contributed by atoms with E-state index in [1.165, 1.54) is 0 Å². The third kappa shape index (κ3) is 5.18. The molecular formula is C12H14F3NO2. The summed E-state index contributed by atoms with van der Waals surface area (Å²) in [5, 5.41) is 2.46. The molecule has 1 aromatic carbocycles. The van der Waals surface area contributed by atoms with Crippen molar-refractivity contribution in [1.82, 2.24) is 0 Å². The van der Waals surface area contributed by atoms with Crippen molar-refractivity contribution in [3.05, 3.63) is 29.3 Å². The Morgan fingerprint density at radius 2 is 1.94 bits per heavy atom. The van der Waals surface area contributed by atoms with Crippen LogP contribution in [0.5, 0.6) is 0 Å². The molecule has 0 aliphatic carbocycles. The topological polar surface area (TPSA) is 38.3 Å². The predicted octanol–water partition coefficient (Wildman–Crippen LogP) is 2.82. The summed E-state index contributed by atoms with van der Waals surface area (Å²) in [7, 11) is 0. The van der Waals surface area contributed by atoms with E-state index in [9.17, 15) is 18.0 Å². The second-order valence-electron chi connectivity index (χ2n) is 3.96. The molecule has 0 atom stereocenters. The molecular weight excluding hydrogens is 247 g/mol. The lowest BCUT2D eigenvalue weighted by atomic mass is 10.1. The van der Waals surface area contributed by atoms with Crippen LogP contribution in [0.25, 0.3) is 0 Å². The Hall–Kier alpha value is -1.56. The molecule has 100 valence electrons. The number of anilines is 1. The summed E-state index contributed by atoms with van der Waals surface area (Å²) >= 11 is 0. The van der Waals surface area contributed by atoms with Crippen LogP contribution in [-0.2, 0) is 9.53 Å².